The molecule has 0 aliphatic carbocycles. The Balaban J connectivity index is 2.72. The van der Waals surface area contributed by atoms with Crippen molar-refractivity contribution in [3.63, 3.8) is 0 Å². The number of hydrogen-bond acceptors (Lipinski definition) is 5. The number of rotatable bonds is 3. The second-order valence-corrected chi connectivity index (χ2v) is 4.14. The minimum atomic E-state index is -1.04. The number of aryl methyl sites for hydroxylation is 1. The van der Waals surface area contributed by atoms with Crippen molar-refractivity contribution in [1.82, 2.24) is 9.97 Å². The highest BCUT2D eigenvalue weighted by Gasteiger charge is 2.21. The number of halogens is 2. The molecule has 0 saturated carbocycles. The molecular weight excluding hydrogens is 282 g/mol. The molecule has 21 heavy (non-hydrogen) atoms. The van der Waals surface area contributed by atoms with Gasteiger partial charge in [-0.1, -0.05) is 0 Å². The first-order chi connectivity index (χ1) is 9.97. The molecule has 2 rings (SSSR count). The Labute approximate surface area is 119 Å². The SMILES string of the molecule is COC(=O)c1c(C)nc(OC)nc1-c1ccc(F)c(F)c1. The Hall–Kier alpha value is -2.57. The Kier molecular flexibility index (Phi) is 4.11. The summed E-state index contributed by atoms with van der Waals surface area (Å²) in [6.45, 7) is 1.57. The third kappa shape index (κ3) is 2.81. The van der Waals surface area contributed by atoms with Crippen LogP contribution >= 0.6 is 0 Å². The minimum absolute atomic E-state index is 0.0138. The normalized spacial score (nSPS) is 10.3. The van der Waals surface area contributed by atoms with E-state index in [4.69, 9.17) is 4.74 Å². The third-order valence-corrected chi connectivity index (χ3v) is 2.83. The van der Waals surface area contributed by atoms with Crippen LogP contribution < -0.4 is 4.74 Å². The molecule has 0 aliphatic heterocycles. The fraction of sp³-hybridized carbons (Fsp3) is 0.214. The molecule has 0 atom stereocenters. The van der Waals surface area contributed by atoms with Gasteiger partial charge in [0.2, 0.25) is 0 Å². The molecule has 0 bridgehead atoms. The highest BCUT2D eigenvalue weighted by molar-refractivity contribution is 5.97. The van der Waals surface area contributed by atoms with Crippen molar-refractivity contribution in [2.24, 2.45) is 0 Å². The molecular formula is C14H12F2N2O3. The maximum atomic E-state index is 13.4. The van der Waals surface area contributed by atoms with Gasteiger partial charge in [-0.05, 0) is 25.1 Å². The molecule has 0 spiro atoms. The zero-order chi connectivity index (χ0) is 15.6. The van der Waals surface area contributed by atoms with Crippen molar-refractivity contribution in [2.45, 2.75) is 6.92 Å². The molecule has 1 heterocycles. The molecule has 110 valence electrons. The zero-order valence-electron chi connectivity index (χ0n) is 11.6. The van der Waals surface area contributed by atoms with Gasteiger partial charge in [0.25, 0.3) is 0 Å². The van der Waals surface area contributed by atoms with Gasteiger partial charge >= 0.3 is 12.0 Å². The molecule has 5 nitrogen and oxygen atoms in total. The van der Waals surface area contributed by atoms with Gasteiger partial charge < -0.3 is 9.47 Å². The molecule has 0 amide bonds. The lowest BCUT2D eigenvalue weighted by atomic mass is 10.0. The second kappa shape index (κ2) is 5.82. The monoisotopic (exact) mass is 294 g/mol. The van der Waals surface area contributed by atoms with Gasteiger partial charge in [-0.25, -0.2) is 13.6 Å². The predicted molar refractivity (Wildman–Crippen MR) is 70.0 cm³/mol. The summed E-state index contributed by atoms with van der Waals surface area (Å²) >= 11 is 0. The largest absolute Gasteiger partial charge is 0.467 e. The number of aromatic nitrogens is 2. The van der Waals surface area contributed by atoms with Gasteiger partial charge in [0.15, 0.2) is 11.6 Å². The maximum absolute atomic E-state index is 13.4. The number of benzene rings is 1. The molecule has 0 aliphatic rings. The van der Waals surface area contributed by atoms with E-state index in [1.165, 1.54) is 20.3 Å². The van der Waals surface area contributed by atoms with Crippen LogP contribution in [-0.4, -0.2) is 30.2 Å². The zero-order valence-corrected chi connectivity index (χ0v) is 11.6. The second-order valence-electron chi connectivity index (χ2n) is 4.14. The number of carbonyl (C=O) groups is 1. The van der Waals surface area contributed by atoms with E-state index in [1.54, 1.807) is 6.92 Å². The maximum Gasteiger partial charge on any atom is 0.341 e. The first kappa shape index (κ1) is 14.8. The van der Waals surface area contributed by atoms with Crippen molar-refractivity contribution >= 4 is 5.97 Å². The van der Waals surface area contributed by atoms with E-state index >= 15 is 0 Å². The van der Waals surface area contributed by atoms with Crippen LogP contribution in [0.1, 0.15) is 16.1 Å². The minimum Gasteiger partial charge on any atom is -0.467 e. The lowest BCUT2D eigenvalue weighted by Gasteiger charge is -2.11. The topological polar surface area (TPSA) is 61.3 Å². The Morgan fingerprint density at radius 2 is 1.86 bits per heavy atom. The van der Waals surface area contributed by atoms with Crippen LogP contribution in [-0.2, 0) is 4.74 Å². The average molecular weight is 294 g/mol. The number of esters is 1. The standard InChI is InChI=1S/C14H12F2N2O3/c1-7-11(13(19)20-2)12(18-14(17-7)21-3)8-4-5-9(15)10(16)6-8/h4-6H,1-3H3. The molecule has 0 fully saturated rings. The number of carbonyl (C=O) groups excluding carboxylic acids is 1. The van der Waals surface area contributed by atoms with Crippen LogP contribution in [0.25, 0.3) is 11.3 Å². The Morgan fingerprint density at radius 1 is 1.14 bits per heavy atom. The van der Waals surface area contributed by atoms with E-state index in [1.807, 2.05) is 0 Å². The van der Waals surface area contributed by atoms with Crippen LogP contribution in [0.5, 0.6) is 6.01 Å². The fourth-order valence-electron chi connectivity index (χ4n) is 1.84. The summed E-state index contributed by atoms with van der Waals surface area (Å²) in [5.74, 6) is -2.70. The van der Waals surface area contributed by atoms with E-state index < -0.39 is 17.6 Å². The quantitative estimate of drug-likeness (QED) is 0.814. The number of ether oxygens (including phenoxy) is 2. The van der Waals surface area contributed by atoms with Gasteiger partial charge in [0.1, 0.15) is 5.56 Å². The summed E-state index contributed by atoms with van der Waals surface area (Å²) in [6.07, 6.45) is 0. The number of methoxy groups -OCH3 is 2. The lowest BCUT2D eigenvalue weighted by molar-refractivity contribution is 0.0599. The third-order valence-electron chi connectivity index (χ3n) is 2.83. The van der Waals surface area contributed by atoms with Gasteiger partial charge in [-0.2, -0.15) is 9.97 Å². The number of nitrogens with zero attached hydrogens (tertiary/aromatic N) is 2. The first-order valence-electron chi connectivity index (χ1n) is 5.94. The summed E-state index contributed by atoms with van der Waals surface area (Å²) in [6, 6.07) is 3.23. The van der Waals surface area contributed by atoms with Gasteiger partial charge in [0, 0.05) is 5.56 Å². The highest BCUT2D eigenvalue weighted by Crippen LogP contribution is 2.27. The van der Waals surface area contributed by atoms with Crippen molar-refractivity contribution in [3.05, 3.63) is 41.1 Å². The van der Waals surface area contributed by atoms with Crippen LogP contribution in [0, 0.1) is 18.6 Å². The van der Waals surface area contributed by atoms with Crippen molar-refractivity contribution < 1.29 is 23.0 Å². The number of hydrogen-bond donors (Lipinski definition) is 0. The molecule has 0 radical (unpaired) electrons. The highest BCUT2D eigenvalue weighted by atomic mass is 19.2. The van der Waals surface area contributed by atoms with Crippen LogP contribution in [0.3, 0.4) is 0 Å². The average Bonchev–Trinajstić information content (AvgIpc) is 2.48. The summed E-state index contributed by atoms with van der Waals surface area (Å²) in [4.78, 5) is 19.9. The summed E-state index contributed by atoms with van der Waals surface area (Å²) < 4.78 is 36.1. The smallest absolute Gasteiger partial charge is 0.341 e. The van der Waals surface area contributed by atoms with Gasteiger partial charge in [0.05, 0.1) is 25.6 Å². The van der Waals surface area contributed by atoms with Crippen LogP contribution in [0.15, 0.2) is 18.2 Å². The molecule has 1 aromatic carbocycles. The molecule has 1 aromatic heterocycles. The van der Waals surface area contributed by atoms with Gasteiger partial charge in [-0.3, -0.25) is 0 Å². The van der Waals surface area contributed by atoms with Crippen LogP contribution in [0.4, 0.5) is 8.78 Å². The Bertz CT molecular complexity index is 705. The Morgan fingerprint density at radius 3 is 2.43 bits per heavy atom. The van der Waals surface area contributed by atoms with Crippen LogP contribution in [0.2, 0.25) is 0 Å². The first-order valence-corrected chi connectivity index (χ1v) is 5.94. The van der Waals surface area contributed by atoms with E-state index in [2.05, 4.69) is 14.7 Å². The molecule has 0 N–H and O–H groups in total. The van der Waals surface area contributed by atoms with Crippen molar-refractivity contribution in [3.8, 4) is 17.3 Å². The van der Waals surface area contributed by atoms with E-state index in [0.717, 1.165) is 12.1 Å². The molecule has 0 unspecified atom stereocenters. The molecule has 7 heteroatoms. The summed E-state index contributed by atoms with van der Waals surface area (Å²) in [5, 5.41) is 0. The predicted octanol–water partition coefficient (Wildman–Crippen LogP) is 2.53. The van der Waals surface area contributed by atoms with E-state index in [-0.39, 0.29) is 22.8 Å². The fourth-order valence-corrected chi connectivity index (χ4v) is 1.84. The summed E-state index contributed by atoms with van der Waals surface area (Å²) in [7, 11) is 2.57. The lowest BCUT2D eigenvalue weighted by Crippen LogP contribution is -2.11. The van der Waals surface area contributed by atoms with Crippen molar-refractivity contribution in [1.29, 1.82) is 0 Å². The van der Waals surface area contributed by atoms with E-state index in [9.17, 15) is 13.6 Å². The van der Waals surface area contributed by atoms with Gasteiger partial charge in [-0.15, -0.1) is 0 Å². The van der Waals surface area contributed by atoms with Crippen molar-refractivity contribution in [2.75, 3.05) is 14.2 Å². The van der Waals surface area contributed by atoms with E-state index in [0.29, 0.717) is 5.69 Å². The molecule has 0 saturated heterocycles. The molecule has 2 aromatic rings. The summed E-state index contributed by atoms with van der Waals surface area (Å²) in [5.41, 5.74) is 0.723.